The Bertz CT molecular complexity index is 1740. The molecule has 3 aliphatic rings. The first-order chi connectivity index (χ1) is 20.9. The Hall–Kier alpha value is -4.77. The molecule has 1 saturated carbocycles. The molecule has 0 radical (unpaired) electrons. The van der Waals surface area contributed by atoms with Gasteiger partial charge in [-0.15, -0.1) is 17.9 Å². The Morgan fingerprint density at radius 1 is 1.09 bits per heavy atom. The SMILES string of the molecule is C=C[C@@H]1C[C@]1(NC(=O)[C@@H]1C[C@@H](Oc2nc3ccccc3nc2-c2cccs2)CN1C(=O)[C@@H]1Cc2ccccc2N1)C(=O)O. The molecule has 0 unspecified atom stereocenters. The monoisotopic (exact) mass is 595 g/mol. The zero-order chi connectivity index (χ0) is 29.7. The number of para-hydroxylation sites is 3. The number of hydrogen-bond donors (Lipinski definition) is 3. The quantitative estimate of drug-likeness (QED) is 0.261. The Morgan fingerprint density at radius 2 is 1.86 bits per heavy atom. The number of rotatable bonds is 8. The maximum absolute atomic E-state index is 14.0. The van der Waals surface area contributed by atoms with E-state index in [0.29, 0.717) is 23.5 Å². The van der Waals surface area contributed by atoms with Crippen LogP contribution in [0.4, 0.5) is 5.69 Å². The van der Waals surface area contributed by atoms with Crippen LogP contribution in [0.2, 0.25) is 0 Å². The smallest absolute Gasteiger partial charge is 0.330 e. The lowest BCUT2D eigenvalue weighted by Crippen LogP contribution is -2.54. The molecular formula is C32H29N5O5S. The van der Waals surface area contributed by atoms with E-state index in [-0.39, 0.29) is 31.2 Å². The molecular weight excluding hydrogens is 566 g/mol. The van der Waals surface area contributed by atoms with Gasteiger partial charge in [-0.2, -0.15) is 0 Å². The molecule has 2 fully saturated rings. The first-order valence-corrected chi connectivity index (χ1v) is 15.0. The lowest BCUT2D eigenvalue weighted by Gasteiger charge is -2.27. The van der Waals surface area contributed by atoms with Gasteiger partial charge in [0.25, 0.3) is 0 Å². The Labute approximate surface area is 251 Å². The van der Waals surface area contributed by atoms with E-state index in [1.165, 1.54) is 16.2 Å². The standard InChI is InChI=1S/C32H29N5O5S/c1-2-19-16-32(19,31(40)41)36-28(38)25-15-20(17-37(25)30(39)24-14-18-8-3-4-9-21(18)33-24)42-29-27(26-12-7-13-43-26)34-22-10-5-6-11-23(22)35-29/h2-13,19-20,24-25,33H,1,14-17H2,(H,36,38)(H,40,41)/t19-,20-,24+,25+,32-/m1/s1. The molecule has 2 aromatic heterocycles. The number of hydrogen-bond acceptors (Lipinski definition) is 8. The van der Waals surface area contributed by atoms with Crippen LogP contribution in [0.1, 0.15) is 18.4 Å². The average Bonchev–Trinajstić information content (AvgIpc) is 3.44. The van der Waals surface area contributed by atoms with Gasteiger partial charge >= 0.3 is 5.97 Å². The molecule has 0 spiro atoms. The summed E-state index contributed by atoms with van der Waals surface area (Å²) >= 11 is 1.51. The number of carboxylic acids is 1. The number of carboxylic acid groups (broad SMARTS) is 1. The fourth-order valence-corrected chi connectivity index (χ4v) is 6.84. The highest BCUT2D eigenvalue weighted by Crippen LogP contribution is 2.45. The van der Waals surface area contributed by atoms with Gasteiger partial charge in [-0.1, -0.05) is 42.5 Å². The number of thiophene rings is 1. The van der Waals surface area contributed by atoms with Crippen molar-refractivity contribution in [1.82, 2.24) is 20.2 Å². The third kappa shape index (κ3) is 4.79. The summed E-state index contributed by atoms with van der Waals surface area (Å²) in [6.07, 6.45) is 1.88. The summed E-state index contributed by atoms with van der Waals surface area (Å²) in [4.78, 5) is 51.8. The molecule has 2 aliphatic heterocycles. The molecule has 7 rings (SSSR count). The summed E-state index contributed by atoms with van der Waals surface area (Å²) in [6, 6.07) is 17.6. The van der Waals surface area contributed by atoms with Gasteiger partial charge < -0.3 is 25.4 Å². The van der Waals surface area contributed by atoms with Crippen LogP contribution in [0, 0.1) is 5.92 Å². The maximum Gasteiger partial charge on any atom is 0.330 e. The van der Waals surface area contributed by atoms with Crippen molar-refractivity contribution in [2.45, 2.75) is 43.0 Å². The van der Waals surface area contributed by atoms with Crippen LogP contribution in [0.3, 0.4) is 0 Å². The van der Waals surface area contributed by atoms with Crippen LogP contribution in [-0.2, 0) is 20.8 Å². The molecule has 5 atom stereocenters. The number of fused-ring (bicyclic) bond motifs is 2. The van der Waals surface area contributed by atoms with Crippen molar-refractivity contribution >= 4 is 45.8 Å². The third-order valence-corrected chi connectivity index (χ3v) is 9.39. The first-order valence-electron chi connectivity index (χ1n) is 14.2. The van der Waals surface area contributed by atoms with Gasteiger partial charge in [0, 0.05) is 24.4 Å². The third-order valence-electron chi connectivity index (χ3n) is 8.52. The molecule has 4 heterocycles. The van der Waals surface area contributed by atoms with E-state index in [4.69, 9.17) is 14.7 Å². The number of nitrogens with one attached hydrogen (secondary N) is 2. The molecule has 218 valence electrons. The molecule has 2 aromatic carbocycles. The Balaban J connectivity index is 1.19. The highest BCUT2D eigenvalue weighted by Gasteiger charge is 2.61. The van der Waals surface area contributed by atoms with Gasteiger partial charge in [0.2, 0.25) is 17.7 Å². The van der Waals surface area contributed by atoms with Crippen LogP contribution in [0.25, 0.3) is 21.6 Å². The fraction of sp³-hybridized carbons (Fsp3) is 0.281. The summed E-state index contributed by atoms with van der Waals surface area (Å²) in [5.74, 6) is -1.94. The van der Waals surface area contributed by atoms with E-state index < -0.39 is 35.6 Å². The number of benzene rings is 2. The van der Waals surface area contributed by atoms with Crippen molar-refractivity contribution in [2.75, 3.05) is 11.9 Å². The summed E-state index contributed by atoms with van der Waals surface area (Å²) < 4.78 is 6.47. The molecule has 10 nitrogen and oxygen atoms in total. The van der Waals surface area contributed by atoms with E-state index in [1.807, 2.05) is 66.0 Å². The number of ether oxygens (including phenoxy) is 1. The molecule has 4 aromatic rings. The number of aromatic nitrogens is 2. The van der Waals surface area contributed by atoms with Crippen molar-refractivity contribution < 1.29 is 24.2 Å². The molecule has 1 aliphatic carbocycles. The van der Waals surface area contributed by atoms with Gasteiger partial charge in [0.15, 0.2) is 0 Å². The van der Waals surface area contributed by atoms with Crippen LogP contribution < -0.4 is 15.4 Å². The fourth-order valence-electron chi connectivity index (χ4n) is 6.14. The van der Waals surface area contributed by atoms with E-state index in [2.05, 4.69) is 17.2 Å². The number of aliphatic carboxylic acids is 1. The lowest BCUT2D eigenvalue weighted by molar-refractivity contribution is -0.145. The summed E-state index contributed by atoms with van der Waals surface area (Å²) in [5.41, 5.74) is 2.48. The number of amides is 2. The van der Waals surface area contributed by atoms with E-state index in [0.717, 1.165) is 21.6 Å². The largest absolute Gasteiger partial charge is 0.479 e. The predicted molar refractivity (Wildman–Crippen MR) is 162 cm³/mol. The van der Waals surface area contributed by atoms with Crippen LogP contribution in [0.15, 0.2) is 78.7 Å². The number of carbonyl (C=O) groups is 3. The minimum atomic E-state index is -1.41. The lowest BCUT2D eigenvalue weighted by atomic mass is 10.1. The normalized spacial score (nSPS) is 25.5. The number of nitrogens with zero attached hydrogens (tertiary/aromatic N) is 3. The molecule has 1 saturated heterocycles. The maximum atomic E-state index is 14.0. The number of likely N-dealkylation sites (tertiary alicyclic amines) is 1. The van der Waals surface area contributed by atoms with Gasteiger partial charge in [-0.3, -0.25) is 9.59 Å². The highest BCUT2D eigenvalue weighted by molar-refractivity contribution is 7.13. The minimum absolute atomic E-state index is 0.134. The van der Waals surface area contributed by atoms with Crippen LogP contribution in [0.5, 0.6) is 5.88 Å². The van der Waals surface area contributed by atoms with E-state index in [1.54, 1.807) is 6.08 Å². The highest BCUT2D eigenvalue weighted by atomic mass is 32.1. The van der Waals surface area contributed by atoms with Gasteiger partial charge in [0.1, 0.15) is 29.4 Å². The van der Waals surface area contributed by atoms with E-state index >= 15 is 0 Å². The van der Waals surface area contributed by atoms with Gasteiger partial charge in [-0.05, 0) is 41.6 Å². The Morgan fingerprint density at radius 3 is 2.56 bits per heavy atom. The second kappa shape index (κ2) is 10.5. The zero-order valence-electron chi connectivity index (χ0n) is 23.1. The first kappa shape index (κ1) is 27.1. The van der Waals surface area contributed by atoms with Crippen molar-refractivity contribution in [3.63, 3.8) is 0 Å². The van der Waals surface area contributed by atoms with Crippen molar-refractivity contribution in [3.05, 3.63) is 84.3 Å². The summed E-state index contributed by atoms with van der Waals surface area (Å²) in [6.45, 7) is 3.84. The molecule has 11 heteroatoms. The average molecular weight is 596 g/mol. The minimum Gasteiger partial charge on any atom is -0.479 e. The second-order valence-corrected chi connectivity index (χ2v) is 12.1. The summed E-state index contributed by atoms with van der Waals surface area (Å²) in [7, 11) is 0. The molecule has 43 heavy (non-hydrogen) atoms. The van der Waals surface area contributed by atoms with Crippen LogP contribution in [-0.4, -0.2) is 68.0 Å². The van der Waals surface area contributed by atoms with Crippen molar-refractivity contribution in [2.24, 2.45) is 5.92 Å². The molecule has 3 N–H and O–H groups in total. The number of anilines is 1. The van der Waals surface area contributed by atoms with Crippen LogP contribution >= 0.6 is 11.3 Å². The topological polar surface area (TPSA) is 134 Å². The van der Waals surface area contributed by atoms with E-state index in [9.17, 15) is 19.5 Å². The van der Waals surface area contributed by atoms with Gasteiger partial charge in [-0.25, -0.2) is 14.8 Å². The van der Waals surface area contributed by atoms with Gasteiger partial charge in [0.05, 0.1) is 22.5 Å². The van der Waals surface area contributed by atoms with Crippen molar-refractivity contribution in [3.8, 4) is 16.5 Å². The molecule has 2 amide bonds. The summed E-state index contributed by atoms with van der Waals surface area (Å²) in [5, 5.41) is 17.9. The molecule has 0 bridgehead atoms. The number of carbonyl (C=O) groups excluding carboxylic acids is 2. The van der Waals surface area contributed by atoms with Crippen molar-refractivity contribution in [1.29, 1.82) is 0 Å². The predicted octanol–water partition coefficient (Wildman–Crippen LogP) is 3.89. The second-order valence-electron chi connectivity index (χ2n) is 11.2. The Kier molecular flexibility index (Phi) is 6.61. The zero-order valence-corrected chi connectivity index (χ0v) is 23.9.